The molecule has 0 fully saturated rings. The lowest BCUT2D eigenvalue weighted by Gasteiger charge is -2.25. The lowest BCUT2D eigenvalue weighted by molar-refractivity contribution is -0.137. The number of fused-ring (bicyclic) bond motifs is 1. The molecule has 0 aliphatic carbocycles. The highest BCUT2D eigenvalue weighted by atomic mass is 32.1. The van der Waals surface area contributed by atoms with E-state index in [9.17, 15) is 9.59 Å². The number of hydrogen-bond acceptors (Lipinski definition) is 5. The first kappa shape index (κ1) is 18.2. The molecule has 0 saturated carbocycles. The van der Waals surface area contributed by atoms with Crippen LogP contribution >= 0.6 is 12.6 Å². The van der Waals surface area contributed by atoms with E-state index in [4.69, 9.17) is 5.73 Å². The fraction of sp³-hybridized carbons (Fsp3) is 0.211. The summed E-state index contributed by atoms with van der Waals surface area (Å²) in [6, 6.07) is 16.2. The number of likely N-dealkylation sites (N-methyl/N-ethyl adjacent to an activating group) is 1. The molecule has 2 aromatic carbocycles. The Bertz CT molecular complexity index is 854. The van der Waals surface area contributed by atoms with Crippen molar-refractivity contribution in [1.29, 1.82) is 0 Å². The van der Waals surface area contributed by atoms with Gasteiger partial charge in [0, 0.05) is 23.9 Å². The van der Waals surface area contributed by atoms with Crippen molar-refractivity contribution in [2.45, 2.75) is 12.2 Å². The molecule has 7 heteroatoms. The normalized spacial score (nSPS) is 17.4. The van der Waals surface area contributed by atoms with Gasteiger partial charge in [0.15, 0.2) is 0 Å². The van der Waals surface area contributed by atoms with E-state index in [1.807, 2.05) is 54.6 Å². The maximum absolute atomic E-state index is 12.7. The number of hydrogen-bond donors (Lipinski definition) is 3. The van der Waals surface area contributed by atoms with Crippen LogP contribution < -0.4 is 11.1 Å². The minimum atomic E-state index is -1.02. The topological polar surface area (TPSA) is 87.8 Å². The van der Waals surface area contributed by atoms with Crippen LogP contribution in [-0.2, 0) is 9.59 Å². The Morgan fingerprint density at radius 3 is 2.58 bits per heavy atom. The average Bonchev–Trinajstić information content (AvgIpc) is 2.83. The monoisotopic (exact) mass is 368 g/mol. The number of carbonyl (C=O) groups excluding carboxylic acids is 2. The number of thiol groups is 1. The predicted molar refractivity (Wildman–Crippen MR) is 106 cm³/mol. The second-order valence-corrected chi connectivity index (χ2v) is 6.36. The average molecular weight is 368 g/mol. The number of benzene rings is 2. The number of carbonyl (C=O) groups is 2. The third kappa shape index (κ3) is 3.49. The summed E-state index contributed by atoms with van der Waals surface area (Å²) in [5, 5.41) is 2.86. The molecule has 1 aliphatic rings. The number of anilines is 1. The molecule has 1 heterocycles. The number of nitrogens with two attached hydrogens (primary N) is 1. The lowest BCUT2D eigenvalue weighted by atomic mass is 10.0. The molecule has 2 aromatic rings. The Morgan fingerprint density at radius 1 is 1.23 bits per heavy atom. The van der Waals surface area contributed by atoms with Crippen LogP contribution in [0.15, 0.2) is 59.6 Å². The number of aliphatic imine (C=N–C) groups is 1. The van der Waals surface area contributed by atoms with E-state index in [2.05, 4.69) is 22.9 Å². The van der Waals surface area contributed by atoms with Crippen molar-refractivity contribution in [2.75, 3.05) is 18.1 Å². The van der Waals surface area contributed by atoms with Crippen LogP contribution in [0.1, 0.15) is 11.1 Å². The zero-order chi connectivity index (χ0) is 18.7. The van der Waals surface area contributed by atoms with Crippen molar-refractivity contribution in [2.24, 2.45) is 10.7 Å². The van der Waals surface area contributed by atoms with Gasteiger partial charge in [-0.3, -0.25) is 9.59 Å². The smallest absolute Gasteiger partial charge is 0.269 e. The first-order valence-corrected chi connectivity index (χ1v) is 8.82. The van der Waals surface area contributed by atoms with Gasteiger partial charge in [0.2, 0.25) is 12.1 Å². The van der Waals surface area contributed by atoms with Gasteiger partial charge in [-0.2, -0.15) is 12.6 Å². The van der Waals surface area contributed by atoms with Gasteiger partial charge in [0.25, 0.3) is 5.91 Å². The van der Waals surface area contributed by atoms with Crippen LogP contribution in [-0.4, -0.2) is 47.4 Å². The van der Waals surface area contributed by atoms with Crippen LogP contribution in [0, 0.1) is 0 Å². The summed E-state index contributed by atoms with van der Waals surface area (Å²) in [7, 11) is 1.53. The van der Waals surface area contributed by atoms with Crippen LogP contribution in [0.5, 0.6) is 0 Å². The minimum absolute atomic E-state index is 0.187. The van der Waals surface area contributed by atoms with Gasteiger partial charge in [0.1, 0.15) is 0 Å². The van der Waals surface area contributed by atoms with Crippen molar-refractivity contribution >= 4 is 35.8 Å². The Hall–Kier alpha value is -2.64. The predicted octanol–water partition coefficient (Wildman–Crippen LogP) is 1.52. The first-order chi connectivity index (χ1) is 12.5. The van der Waals surface area contributed by atoms with E-state index < -0.39 is 12.2 Å². The van der Waals surface area contributed by atoms with E-state index in [-0.39, 0.29) is 17.6 Å². The lowest BCUT2D eigenvalue weighted by Crippen LogP contribution is -2.50. The van der Waals surface area contributed by atoms with Gasteiger partial charge < -0.3 is 16.0 Å². The quantitative estimate of drug-likeness (QED) is 0.715. The molecule has 0 saturated heterocycles. The van der Waals surface area contributed by atoms with Crippen molar-refractivity contribution in [3.05, 3.63) is 65.7 Å². The van der Waals surface area contributed by atoms with Crippen LogP contribution in [0.25, 0.3) is 0 Å². The third-order valence-corrected chi connectivity index (χ3v) is 4.59. The number of nitrogens with zero attached hydrogens (tertiary/aromatic N) is 2. The molecule has 26 heavy (non-hydrogen) atoms. The van der Waals surface area contributed by atoms with Crippen LogP contribution in [0.2, 0.25) is 0 Å². The molecule has 3 rings (SSSR count). The molecule has 2 atom stereocenters. The van der Waals surface area contributed by atoms with Gasteiger partial charge in [-0.15, -0.1) is 0 Å². The molecule has 1 aliphatic heterocycles. The summed E-state index contributed by atoms with van der Waals surface area (Å²) < 4.78 is 0. The molecule has 0 radical (unpaired) electrons. The maximum atomic E-state index is 12.7. The molecule has 134 valence electrons. The van der Waals surface area contributed by atoms with Crippen molar-refractivity contribution < 1.29 is 9.59 Å². The summed E-state index contributed by atoms with van der Waals surface area (Å²) in [6.45, 7) is 0. The van der Waals surface area contributed by atoms with Crippen molar-refractivity contribution in [1.82, 2.24) is 4.90 Å². The van der Waals surface area contributed by atoms with E-state index in [0.29, 0.717) is 11.4 Å². The highest BCUT2D eigenvalue weighted by Crippen LogP contribution is 2.24. The number of rotatable bonds is 4. The Kier molecular flexibility index (Phi) is 5.39. The second kappa shape index (κ2) is 7.72. The fourth-order valence-corrected chi connectivity index (χ4v) is 2.95. The van der Waals surface area contributed by atoms with Crippen LogP contribution in [0.3, 0.4) is 0 Å². The minimum Gasteiger partial charge on any atom is -0.322 e. The highest BCUT2D eigenvalue weighted by molar-refractivity contribution is 7.80. The Balaban J connectivity index is 2.10. The van der Waals surface area contributed by atoms with Crippen LogP contribution in [0.4, 0.5) is 5.69 Å². The Morgan fingerprint density at radius 2 is 1.88 bits per heavy atom. The van der Waals surface area contributed by atoms with Gasteiger partial charge >= 0.3 is 0 Å². The second-order valence-electron chi connectivity index (χ2n) is 5.99. The van der Waals surface area contributed by atoms with Gasteiger partial charge in [-0.25, -0.2) is 4.99 Å². The molecule has 1 unspecified atom stereocenters. The molecule has 3 N–H and O–H groups in total. The fourth-order valence-electron chi connectivity index (χ4n) is 2.80. The van der Waals surface area contributed by atoms with Gasteiger partial charge in [-0.1, -0.05) is 48.5 Å². The maximum Gasteiger partial charge on any atom is 0.269 e. The molecular weight excluding hydrogens is 348 g/mol. The molecule has 0 spiro atoms. The first-order valence-electron chi connectivity index (χ1n) is 8.19. The van der Waals surface area contributed by atoms with Gasteiger partial charge in [0.05, 0.1) is 17.4 Å². The molecule has 6 nitrogen and oxygen atoms in total. The van der Waals surface area contributed by atoms with E-state index in [1.165, 1.54) is 11.9 Å². The zero-order valence-corrected chi connectivity index (χ0v) is 15.2. The highest BCUT2D eigenvalue weighted by Gasteiger charge is 2.32. The number of benzodiazepines with no additional fused rings is 1. The van der Waals surface area contributed by atoms with E-state index >= 15 is 0 Å². The summed E-state index contributed by atoms with van der Waals surface area (Å²) in [5.74, 6) is -0.583. The standard InChI is InChI=1S/C19H20N4O2S/c1-23(19(25)14(20)11-26)17-18(24)21-15-10-6-5-9-13(15)16(22-17)12-7-3-2-4-8-12/h2-10,14,17,26H,11,20H2,1H3,(H,21,24)/t14-,17?/m0/s1. The van der Waals surface area contributed by atoms with Crippen molar-refractivity contribution in [3.8, 4) is 0 Å². The zero-order valence-electron chi connectivity index (χ0n) is 14.3. The molecule has 2 amide bonds. The SMILES string of the molecule is CN(C(=O)[C@@H](N)CS)C1N=C(c2ccccc2)c2ccccc2NC1=O. The summed E-state index contributed by atoms with van der Waals surface area (Å²) in [4.78, 5) is 31.1. The molecule has 0 bridgehead atoms. The molecule has 0 aromatic heterocycles. The number of para-hydroxylation sites is 1. The largest absolute Gasteiger partial charge is 0.322 e. The third-order valence-electron chi connectivity index (χ3n) is 4.20. The van der Waals surface area contributed by atoms with E-state index in [0.717, 1.165) is 11.1 Å². The van der Waals surface area contributed by atoms with Crippen molar-refractivity contribution in [3.63, 3.8) is 0 Å². The summed E-state index contributed by atoms with van der Waals surface area (Å²) in [5.41, 5.74) is 8.75. The summed E-state index contributed by atoms with van der Waals surface area (Å²) in [6.07, 6.45) is -1.02. The van der Waals surface area contributed by atoms with E-state index in [1.54, 1.807) is 0 Å². The summed E-state index contributed by atoms with van der Waals surface area (Å²) >= 11 is 4.06. The molecular formula is C19H20N4O2S. The van der Waals surface area contributed by atoms with Gasteiger partial charge in [-0.05, 0) is 6.07 Å². The number of amides is 2. The Labute approximate surface area is 157 Å². The number of nitrogens with one attached hydrogen (secondary N) is 1.